The number of nitrogens with zero attached hydrogens (tertiary/aromatic N) is 6. The predicted molar refractivity (Wildman–Crippen MR) is 124 cm³/mol. The van der Waals surface area contributed by atoms with Crippen LogP contribution in [-0.2, 0) is 9.47 Å². The quantitative estimate of drug-likeness (QED) is 0.736. The highest BCUT2D eigenvalue weighted by atomic mass is 16.5. The van der Waals surface area contributed by atoms with Gasteiger partial charge in [0.2, 0.25) is 5.95 Å². The molecule has 0 saturated carbocycles. The van der Waals surface area contributed by atoms with E-state index in [-0.39, 0.29) is 0 Å². The van der Waals surface area contributed by atoms with Crippen molar-refractivity contribution in [3.63, 3.8) is 0 Å². The first kappa shape index (κ1) is 20.3. The maximum absolute atomic E-state index is 5.55. The van der Waals surface area contributed by atoms with E-state index in [2.05, 4.69) is 56.9 Å². The third-order valence-corrected chi connectivity index (χ3v) is 6.32. The van der Waals surface area contributed by atoms with E-state index in [1.54, 1.807) is 0 Å². The molecule has 0 unspecified atom stereocenters. The summed E-state index contributed by atoms with van der Waals surface area (Å²) in [6.07, 6.45) is 0. The molecular formula is C23H32N6O2. The van der Waals surface area contributed by atoms with Crippen LogP contribution in [0.4, 0.5) is 23.3 Å². The van der Waals surface area contributed by atoms with Crippen LogP contribution in [-0.4, -0.2) is 88.8 Å². The molecule has 0 spiro atoms. The second-order valence-corrected chi connectivity index (χ2v) is 8.39. The summed E-state index contributed by atoms with van der Waals surface area (Å²) in [4.78, 5) is 19.4. The van der Waals surface area contributed by atoms with Gasteiger partial charge in [0.15, 0.2) is 0 Å². The van der Waals surface area contributed by atoms with Crippen molar-refractivity contribution < 1.29 is 9.47 Å². The Bertz CT molecular complexity index is 821. The molecule has 0 bridgehead atoms. The van der Waals surface area contributed by atoms with Gasteiger partial charge in [-0.05, 0) is 19.1 Å². The van der Waals surface area contributed by atoms with E-state index in [1.807, 2.05) is 0 Å². The van der Waals surface area contributed by atoms with Crippen molar-refractivity contribution in [2.24, 2.45) is 0 Å². The van der Waals surface area contributed by atoms with Gasteiger partial charge in [0.25, 0.3) is 0 Å². The lowest BCUT2D eigenvalue weighted by molar-refractivity contribution is 0.122. The van der Waals surface area contributed by atoms with E-state index in [1.165, 1.54) is 11.3 Å². The number of anilines is 4. The topological polar surface area (TPSA) is 57.2 Å². The largest absolute Gasteiger partial charge is 0.378 e. The molecule has 0 radical (unpaired) electrons. The van der Waals surface area contributed by atoms with Crippen molar-refractivity contribution in [1.29, 1.82) is 0 Å². The Morgan fingerprint density at radius 3 is 1.61 bits per heavy atom. The number of hydrogen-bond acceptors (Lipinski definition) is 8. The molecule has 31 heavy (non-hydrogen) atoms. The molecule has 8 heteroatoms. The number of piperazine rings is 1. The van der Waals surface area contributed by atoms with Crippen molar-refractivity contribution in [2.75, 3.05) is 98.4 Å². The summed E-state index contributed by atoms with van der Waals surface area (Å²) in [7, 11) is 0. The molecule has 3 fully saturated rings. The maximum Gasteiger partial charge on any atom is 0.229 e. The molecule has 8 nitrogen and oxygen atoms in total. The molecule has 0 aliphatic carbocycles. The highest BCUT2D eigenvalue weighted by Gasteiger charge is 2.24. The van der Waals surface area contributed by atoms with Crippen LogP contribution in [0.15, 0.2) is 30.3 Å². The van der Waals surface area contributed by atoms with Gasteiger partial charge in [-0.2, -0.15) is 9.97 Å². The lowest BCUT2D eigenvalue weighted by atomic mass is 10.2. The summed E-state index contributed by atoms with van der Waals surface area (Å²) >= 11 is 0. The number of hydrogen-bond donors (Lipinski definition) is 0. The van der Waals surface area contributed by atoms with Gasteiger partial charge in [-0.15, -0.1) is 0 Å². The number of aryl methyl sites for hydroxylation is 1. The smallest absolute Gasteiger partial charge is 0.229 e. The highest BCUT2D eigenvalue weighted by molar-refractivity contribution is 5.57. The Morgan fingerprint density at radius 2 is 1.10 bits per heavy atom. The fourth-order valence-electron chi connectivity index (χ4n) is 4.38. The summed E-state index contributed by atoms with van der Waals surface area (Å²) in [5.74, 6) is 2.86. The standard InChI is InChI=1S/C23H32N6O2/c1-19-2-4-20(5-3-19)26-6-8-29(9-7-26)23-24-21(27-10-14-30-15-11-27)18-22(25-23)28-12-16-31-17-13-28/h2-5,18H,6-17H2,1H3. The van der Waals surface area contributed by atoms with Crippen LogP contribution in [0.2, 0.25) is 0 Å². The SMILES string of the molecule is Cc1ccc(N2CCN(c3nc(N4CCOCC4)cc(N4CCOCC4)n3)CC2)cc1. The van der Waals surface area contributed by atoms with Crippen LogP contribution in [0.3, 0.4) is 0 Å². The zero-order chi connectivity index (χ0) is 21.0. The number of morpholine rings is 2. The summed E-state index contributed by atoms with van der Waals surface area (Å²) in [5.41, 5.74) is 2.59. The summed E-state index contributed by atoms with van der Waals surface area (Å²) in [5, 5.41) is 0. The van der Waals surface area contributed by atoms with Crippen LogP contribution in [0.1, 0.15) is 5.56 Å². The fourth-order valence-corrected chi connectivity index (χ4v) is 4.38. The Balaban J connectivity index is 1.35. The second kappa shape index (κ2) is 9.28. The lowest BCUT2D eigenvalue weighted by Crippen LogP contribution is -2.47. The van der Waals surface area contributed by atoms with E-state index in [0.717, 1.165) is 96.4 Å². The Morgan fingerprint density at radius 1 is 0.613 bits per heavy atom. The van der Waals surface area contributed by atoms with E-state index in [0.29, 0.717) is 0 Å². The minimum atomic E-state index is 0.751. The molecular weight excluding hydrogens is 392 g/mol. The van der Waals surface area contributed by atoms with Crippen LogP contribution in [0, 0.1) is 6.92 Å². The zero-order valence-corrected chi connectivity index (χ0v) is 18.4. The molecule has 166 valence electrons. The van der Waals surface area contributed by atoms with Gasteiger partial charge in [0, 0.05) is 64.1 Å². The molecule has 0 N–H and O–H groups in total. The first-order valence-electron chi connectivity index (χ1n) is 11.4. The van der Waals surface area contributed by atoms with Gasteiger partial charge >= 0.3 is 0 Å². The minimum absolute atomic E-state index is 0.751. The normalized spacial score (nSPS) is 20.3. The molecule has 0 atom stereocenters. The molecule has 1 aromatic carbocycles. The van der Waals surface area contributed by atoms with Gasteiger partial charge in [-0.3, -0.25) is 0 Å². The molecule has 5 rings (SSSR count). The fraction of sp³-hybridized carbons (Fsp3) is 0.565. The van der Waals surface area contributed by atoms with Crippen molar-refractivity contribution in [1.82, 2.24) is 9.97 Å². The Labute approximate surface area is 184 Å². The molecule has 0 amide bonds. The molecule has 3 aliphatic rings. The minimum Gasteiger partial charge on any atom is -0.378 e. The van der Waals surface area contributed by atoms with Crippen LogP contribution >= 0.6 is 0 Å². The number of benzene rings is 1. The molecule has 2 aromatic rings. The van der Waals surface area contributed by atoms with E-state index in [4.69, 9.17) is 19.4 Å². The third-order valence-electron chi connectivity index (χ3n) is 6.32. The molecule has 3 saturated heterocycles. The Hall–Kier alpha value is -2.58. The monoisotopic (exact) mass is 424 g/mol. The van der Waals surface area contributed by atoms with Crippen molar-refractivity contribution >= 4 is 23.3 Å². The molecule has 3 aliphatic heterocycles. The van der Waals surface area contributed by atoms with E-state index >= 15 is 0 Å². The highest BCUT2D eigenvalue weighted by Crippen LogP contribution is 2.26. The average Bonchev–Trinajstić information content (AvgIpc) is 2.85. The van der Waals surface area contributed by atoms with Crippen molar-refractivity contribution in [3.8, 4) is 0 Å². The van der Waals surface area contributed by atoms with Gasteiger partial charge in [0.05, 0.1) is 26.4 Å². The van der Waals surface area contributed by atoms with Crippen LogP contribution in [0.5, 0.6) is 0 Å². The maximum atomic E-state index is 5.55. The Kier molecular flexibility index (Phi) is 6.08. The molecule has 1 aromatic heterocycles. The van der Waals surface area contributed by atoms with Crippen molar-refractivity contribution in [3.05, 3.63) is 35.9 Å². The van der Waals surface area contributed by atoms with Crippen LogP contribution in [0.25, 0.3) is 0 Å². The van der Waals surface area contributed by atoms with Crippen molar-refractivity contribution in [2.45, 2.75) is 6.92 Å². The number of rotatable bonds is 4. The van der Waals surface area contributed by atoms with Crippen LogP contribution < -0.4 is 19.6 Å². The van der Waals surface area contributed by atoms with Gasteiger partial charge in [-0.1, -0.05) is 17.7 Å². The van der Waals surface area contributed by atoms with E-state index in [9.17, 15) is 0 Å². The number of aromatic nitrogens is 2. The predicted octanol–water partition coefficient (Wildman–Crippen LogP) is 1.78. The average molecular weight is 425 g/mol. The first-order valence-corrected chi connectivity index (χ1v) is 11.4. The molecule has 4 heterocycles. The van der Waals surface area contributed by atoms with E-state index < -0.39 is 0 Å². The second-order valence-electron chi connectivity index (χ2n) is 8.39. The van der Waals surface area contributed by atoms with Gasteiger partial charge in [0.1, 0.15) is 11.6 Å². The van der Waals surface area contributed by atoms with Gasteiger partial charge in [-0.25, -0.2) is 0 Å². The zero-order valence-electron chi connectivity index (χ0n) is 18.4. The first-order chi connectivity index (χ1) is 15.3. The summed E-state index contributed by atoms with van der Waals surface area (Å²) in [6.45, 7) is 12.4. The van der Waals surface area contributed by atoms with Gasteiger partial charge < -0.3 is 29.1 Å². The summed E-state index contributed by atoms with van der Waals surface area (Å²) < 4.78 is 11.1. The lowest BCUT2D eigenvalue weighted by Gasteiger charge is -2.37. The summed E-state index contributed by atoms with van der Waals surface area (Å²) in [6, 6.07) is 11.0. The number of ether oxygens (including phenoxy) is 2. The third kappa shape index (κ3) is 4.70.